The molecule has 30 heavy (non-hydrogen) atoms. The topological polar surface area (TPSA) is 70.0 Å². The summed E-state index contributed by atoms with van der Waals surface area (Å²) in [6, 6.07) is 20.2. The van der Waals surface area contributed by atoms with Gasteiger partial charge in [0, 0.05) is 12.1 Å². The van der Waals surface area contributed by atoms with Gasteiger partial charge in [-0.3, -0.25) is 4.79 Å². The van der Waals surface area contributed by atoms with Crippen LogP contribution in [0.2, 0.25) is 0 Å². The van der Waals surface area contributed by atoms with E-state index in [4.69, 9.17) is 4.74 Å². The van der Waals surface area contributed by atoms with E-state index in [1.54, 1.807) is 35.2 Å². The Balaban J connectivity index is 1.68. The van der Waals surface area contributed by atoms with Gasteiger partial charge in [0.15, 0.2) is 11.6 Å². The molecule has 3 aromatic carbocycles. The Labute approximate surface area is 174 Å². The van der Waals surface area contributed by atoms with Crippen molar-refractivity contribution in [1.82, 2.24) is 4.90 Å². The van der Waals surface area contributed by atoms with Crippen LogP contribution in [0.15, 0.2) is 72.8 Å². The van der Waals surface area contributed by atoms with Crippen LogP contribution in [0.3, 0.4) is 0 Å². The highest BCUT2D eigenvalue weighted by Crippen LogP contribution is 2.32. The molecule has 0 saturated carbocycles. The van der Waals surface area contributed by atoms with Crippen molar-refractivity contribution >= 4 is 5.91 Å². The number of amides is 1. The van der Waals surface area contributed by atoms with Crippen molar-refractivity contribution in [3.8, 4) is 16.9 Å². The highest BCUT2D eigenvalue weighted by Gasteiger charge is 2.36. The third-order valence-electron chi connectivity index (χ3n) is 5.32. The molecule has 0 aromatic heterocycles. The maximum Gasteiger partial charge on any atom is 0.254 e. The number of ether oxygens (including phenoxy) is 1. The zero-order valence-electron chi connectivity index (χ0n) is 16.2. The van der Waals surface area contributed by atoms with Gasteiger partial charge in [0.2, 0.25) is 0 Å². The van der Waals surface area contributed by atoms with E-state index in [0.717, 1.165) is 5.56 Å². The van der Waals surface area contributed by atoms with E-state index in [-0.39, 0.29) is 12.5 Å². The molecule has 1 heterocycles. The first-order valence-corrected chi connectivity index (χ1v) is 9.76. The third kappa shape index (κ3) is 3.92. The zero-order chi connectivity index (χ0) is 21.1. The Bertz CT molecular complexity index is 1040. The number of phenols is 1. The van der Waals surface area contributed by atoms with Crippen molar-refractivity contribution < 1.29 is 24.1 Å². The summed E-state index contributed by atoms with van der Waals surface area (Å²) in [5.41, 5.74) is 2.58. The van der Waals surface area contributed by atoms with E-state index in [1.807, 2.05) is 30.3 Å². The normalized spacial score (nSPS) is 18.9. The van der Waals surface area contributed by atoms with Gasteiger partial charge in [-0.05, 0) is 41.0 Å². The van der Waals surface area contributed by atoms with E-state index in [9.17, 15) is 19.4 Å². The number of aliphatic hydroxyl groups is 1. The second kappa shape index (κ2) is 8.65. The average molecular weight is 407 g/mol. The number of nitrogens with zero attached hydrogens (tertiary/aromatic N) is 1. The number of aliphatic hydroxyl groups excluding tert-OH is 1. The minimum Gasteiger partial charge on any atom is -0.505 e. The molecular formula is C24H22FNO4. The molecule has 5 nitrogen and oxygen atoms in total. The highest BCUT2D eigenvalue weighted by atomic mass is 19.1. The first-order valence-electron chi connectivity index (χ1n) is 9.76. The molecule has 0 aliphatic carbocycles. The Morgan fingerprint density at radius 3 is 2.53 bits per heavy atom. The van der Waals surface area contributed by atoms with Crippen LogP contribution in [-0.2, 0) is 4.74 Å². The molecule has 0 bridgehead atoms. The molecule has 3 aromatic rings. The van der Waals surface area contributed by atoms with Crippen LogP contribution >= 0.6 is 0 Å². The molecule has 1 amide bonds. The standard InChI is InChI=1S/C24H22FNO4/c25-20-14-18(9-10-21(20)28)17-7-4-8-19(13-17)24(29)26-11-12-30-22(15-27)23(26)16-5-2-1-3-6-16/h1-10,13-14,22-23,27-28H,11-12,15H2/t22-,23-/m0/s1. The van der Waals surface area contributed by atoms with Crippen LogP contribution in [0.1, 0.15) is 22.0 Å². The summed E-state index contributed by atoms with van der Waals surface area (Å²) in [5, 5.41) is 19.2. The Hall–Kier alpha value is -3.22. The third-order valence-corrected chi connectivity index (χ3v) is 5.32. The smallest absolute Gasteiger partial charge is 0.254 e. The molecule has 0 spiro atoms. The van der Waals surface area contributed by atoms with E-state index >= 15 is 0 Å². The van der Waals surface area contributed by atoms with Crippen LogP contribution in [0.4, 0.5) is 4.39 Å². The fourth-order valence-corrected chi connectivity index (χ4v) is 3.84. The van der Waals surface area contributed by atoms with E-state index in [0.29, 0.717) is 29.8 Å². The molecule has 1 saturated heterocycles. The summed E-state index contributed by atoms with van der Waals surface area (Å²) < 4.78 is 19.5. The largest absolute Gasteiger partial charge is 0.505 e. The van der Waals surface area contributed by atoms with Gasteiger partial charge in [0.25, 0.3) is 5.91 Å². The maximum atomic E-state index is 13.8. The minimum absolute atomic E-state index is 0.188. The van der Waals surface area contributed by atoms with Crippen LogP contribution in [-0.4, -0.2) is 46.9 Å². The Morgan fingerprint density at radius 2 is 1.80 bits per heavy atom. The van der Waals surface area contributed by atoms with Gasteiger partial charge in [0.05, 0.1) is 19.3 Å². The lowest BCUT2D eigenvalue weighted by molar-refractivity contribution is -0.0811. The maximum absolute atomic E-state index is 13.8. The number of halogens is 1. The van der Waals surface area contributed by atoms with Crippen molar-refractivity contribution in [2.75, 3.05) is 19.8 Å². The van der Waals surface area contributed by atoms with Crippen LogP contribution in [0.5, 0.6) is 5.75 Å². The lowest BCUT2D eigenvalue weighted by Crippen LogP contribution is -2.49. The summed E-state index contributed by atoms with van der Waals surface area (Å²) >= 11 is 0. The van der Waals surface area contributed by atoms with Gasteiger partial charge in [-0.15, -0.1) is 0 Å². The van der Waals surface area contributed by atoms with E-state index in [1.165, 1.54) is 12.1 Å². The number of morpholine rings is 1. The molecule has 2 N–H and O–H groups in total. The number of benzene rings is 3. The first-order chi connectivity index (χ1) is 14.6. The van der Waals surface area contributed by atoms with Gasteiger partial charge < -0.3 is 19.8 Å². The van der Waals surface area contributed by atoms with Crippen molar-refractivity contribution in [2.45, 2.75) is 12.1 Å². The summed E-state index contributed by atoms with van der Waals surface area (Å²) in [5.74, 6) is -1.32. The Morgan fingerprint density at radius 1 is 1.03 bits per heavy atom. The number of rotatable bonds is 4. The van der Waals surface area contributed by atoms with Gasteiger partial charge >= 0.3 is 0 Å². The number of hydrogen-bond acceptors (Lipinski definition) is 4. The number of aromatic hydroxyl groups is 1. The van der Waals surface area contributed by atoms with E-state index < -0.39 is 23.7 Å². The summed E-state index contributed by atoms with van der Waals surface area (Å²) in [6.07, 6.45) is -0.514. The van der Waals surface area contributed by atoms with Crippen molar-refractivity contribution in [3.63, 3.8) is 0 Å². The summed E-state index contributed by atoms with van der Waals surface area (Å²) in [4.78, 5) is 15.1. The monoisotopic (exact) mass is 407 g/mol. The fourth-order valence-electron chi connectivity index (χ4n) is 3.84. The molecule has 1 aliphatic rings. The molecule has 154 valence electrons. The van der Waals surface area contributed by atoms with Crippen molar-refractivity contribution in [3.05, 3.63) is 89.7 Å². The van der Waals surface area contributed by atoms with Gasteiger partial charge in [0.1, 0.15) is 6.10 Å². The van der Waals surface area contributed by atoms with Crippen molar-refractivity contribution in [1.29, 1.82) is 0 Å². The predicted octanol–water partition coefficient (Wildman–Crippen LogP) is 3.77. The van der Waals surface area contributed by atoms with Gasteiger partial charge in [-0.25, -0.2) is 4.39 Å². The highest BCUT2D eigenvalue weighted by molar-refractivity contribution is 5.96. The summed E-state index contributed by atoms with van der Waals surface area (Å²) in [7, 11) is 0. The first kappa shape index (κ1) is 20.1. The second-order valence-corrected chi connectivity index (χ2v) is 7.19. The van der Waals surface area contributed by atoms with Gasteiger partial charge in [-0.1, -0.05) is 48.5 Å². The molecule has 6 heteroatoms. The molecular weight excluding hydrogens is 385 g/mol. The summed E-state index contributed by atoms with van der Waals surface area (Å²) in [6.45, 7) is 0.534. The predicted molar refractivity (Wildman–Crippen MR) is 111 cm³/mol. The van der Waals surface area contributed by atoms with Gasteiger partial charge in [-0.2, -0.15) is 0 Å². The Kier molecular flexibility index (Phi) is 5.79. The average Bonchev–Trinajstić information content (AvgIpc) is 2.80. The fraction of sp³-hybridized carbons (Fsp3) is 0.208. The number of phenolic OH excluding ortho intramolecular Hbond substituents is 1. The molecule has 1 aliphatic heterocycles. The quantitative estimate of drug-likeness (QED) is 0.691. The number of carbonyl (C=O) groups excluding carboxylic acids is 1. The number of carbonyl (C=O) groups is 1. The van der Waals surface area contributed by atoms with Crippen LogP contribution in [0, 0.1) is 5.82 Å². The lowest BCUT2D eigenvalue weighted by Gasteiger charge is -2.41. The van der Waals surface area contributed by atoms with E-state index in [2.05, 4.69) is 0 Å². The minimum atomic E-state index is -0.715. The zero-order valence-corrected chi connectivity index (χ0v) is 16.2. The molecule has 0 radical (unpaired) electrons. The SMILES string of the molecule is O=C(c1cccc(-c2ccc(O)c(F)c2)c1)N1CCO[C@@H](CO)[C@@H]1c1ccccc1. The lowest BCUT2D eigenvalue weighted by atomic mass is 9.96. The van der Waals surface area contributed by atoms with Crippen molar-refractivity contribution in [2.24, 2.45) is 0 Å². The molecule has 2 atom stereocenters. The van der Waals surface area contributed by atoms with Crippen LogP contribution in [0.25, 0.3) is 11.1 Å². The second-order valence-electron chi connectivity index (χ2n) is 7.19. The number of hydrogen-bond donors (Lipinski definition) is 2. The molecule has 1 fully saturated rings. The molecule has 0 unspecified atom stereocenters. The van der Waals surface area contributed by atoms with Crippen LogP contribution < -0.4 is 0 Å². The molecule has 4 rings (SSSR count).